The predicted octanol–water partition coefficient (Wildman–Crippen LogP) is 4.27. The van der Waals surface area contributed by atoms with Gasteiger partial charge in [-0.2, -0.15) is 0 Å². The first kappa shape index (κ1) is 19.5. The first-order valence-electron chi connectivity index (χ1n) is 8.76. The number of ether oxygens (including phenoxy) is 1. The van der Waals surface area contributed by atoms with Crippen molar-refractivity contribution in [1.29, 1.82) is 0 Å². The first-order chi connectivity index (χ1) is 13.9. The molecule has 3 aromatic carbocycles. The van der Waals surface area contributed by atoms with E-state index in [1.165, 1.54) is 7.11 Å². The Morgan fingerprint density at radius 2 is 1.83 bits per heavy atom. The number of carbonyl (C=O) groups excluding carboxylic acids is 1. The first-order valence-corrected chi connectivity index (χ1v) is 11.0. The third-order valence-corrected chi connectivity index (χ3v) is 6.92. The van der Waals surface area contributed by atoms with E-state index in [9.17, 15) is 13.2 Å². The Hall–Kier alpha value is -2.84. The molecule has 8 heteroatoms. The molecule has 1 N–H and O–H groups in total. The lowest BCUT2D eigenvalue weighted by atomic mass is 10.0. The van der Waals surface area contributed by atoms with Crippen molar-refractivity contribution in [3.05, 3.63) is 71.2 Å². The van der Waals surface area contributed by atoms with E-state index >= 15 is 0 Å². The third kappa shape index (κ3) is 3.61. The minimum absolute atomic E-state index is 0.180. The van der Waals surface area contributed by atoms with Crippen LogP contribution in [0.25, 0.3) is 11.1 Å². The van der Waals surface area contributed by atoms with Crippen LogP contribution >= 0.6 is 15.9 Å². The Balaban J connectivity index is 1.71. The lowest BCUT2D eigenvalue weighted by Crippen LogP contribution is -2.40. The molecule has 29 heavy (non-hydrogen) atoms. The highest BCUT2D eigenvalue weighted by atomic mass is 79.9. The van der Waals surface area contributed by atoms with Crippen molar-refractivity contribution in [2.45, 2.75) is 4.90 Å². The highest BCUT2D eigenvalue weighted by Crippen LogP contribution is 2.43. The number of rotatable bonds is 4. The highest BCUT2D eigenvalue weighted by Gasteiger charge is 2.35. The van der Waals surface area contributed by atoms with E-state index < -0.39 is 15.9 Å². The Morgan fingerprint density at radius 1 is 1.03 bits per heavy atom. The largest absolute Gasteiger partial charge is 0.497 e. The molecule has 1 heterocycles. The molecule has 0 atom stereocenters. The second-order valence-corrected chi connectivity index (χ2v) is 9.20. The molecule has 0 saturated heterocycles. The van der Waals surface area contributed by atoms with Gasteiger partial charge in [-0.05, 0) is 36.4 Å². The summed E-state index contributed by atoms with van der Waals surface area (Å²) >= 11 is 3.44. The van der Waals surface area contributed by atoms with Crippen molar-refractivity contribution in [3.8, 4) is 16.9 Å². The SMILES string of the molecule is COc1cccc(NC(=O)CN2c3ccc(Br)cc3-c3ccccc3S2(=O)=O)c1. The fourth-order valence-corrected chi connectivity index (χ4v) is 5.32. The van der Waals surface area contributed by atoms with Crippen molar-refractivity contribution in [2.75, 3.05) is 23.3 Å². The van der Waals surface area contributed by atoms with Crippen molar-refractivity contribution in [1.82, 2.24) is 0 Å². The maximum absolute atomic E-state index is 13.3. The normalized spacial score (nSPS) is 13.9. The van der Waals surface area contributed by atoms with Crippen molar-refractivity contribution in [3.63, 3.8) is 0 Å². The van der Waals surface area contributed by atoms with E-state index in [1.54, 1.807) is 60.7 Å². The van der Waals surface area contributed by atoms with Gasteiger partial charge in [0, 0.05) is 27.4 Å². The number of hydrogen-bond donors (Lipinski definition) is 1. The second kappa shape index (κ2) is 7.53. The van der Waals surface area contributed by atoms with Crippen LogP contribution in [0.3, 0.4) is 0 Å². The van der Waals surface area contributed by atoms with E-state index in [0.29, 0.717) is 22.7 Å². The summed E-state index contributed by atoms with van der Waals surface area (Å²) in [6, 6.07) is 19.0. The summed E-state index contributed by atoms with van der Waals surface area (Å²) in [5, 5.41) is 2.73. The number of fused-ring (bicyclic) bond motifs is 3. The van der Waals surface area contributed by atoms with Crippen LogP contribution in [0.4, 0.5) is 11.4 Å². The van der Waals surface area contributed by atoms with E-state index in [4.69, 9.17) is 4.74 Å². The van der Waals surface area contributed by atoms with Gasteiger partial charge in [0.2, 0.25) is 5.91 Å². The quantitative estimate of drug-likeness (QED) is 0.614. The zero-order valence-electron chi connectivity index (χ0n) is 15.4. The molecule has 0 aliphatic carbocycles. The number of nitrogens with one attached hydrogen (secondary N) is 1. The van der Waals surface area contributed by atoms with Crippen LogP contribution < -0.4 is 14.4 Å². The summed E-state index contributed by atoms with van der Waals surface area (Å²) in [7, 11) is -2.34. The molecule has 3 aromatic rings. The standard InChI is InChI=1S/C21H17BrN2O4S/c1-28-16-6-4-5-15(12-16)23-21(25)13-24-19-10-9-14(22)11-18(19)17-7-2-3-8-20(17)29(24,26)27/h2-12H,13H2,1H3,(H,23,25). The zero-order chi connectivity index (χ0) is 20.6. The molecule has 0 radical (unpaired) electrons. The van der Waals surface area contributed by atoms with Gasteiger partial charge in [0.15, 0.2) is 0 Å². The number of halogens is 1. The van der Waals surface area contributed by atoms with E-state index in [2.05, 4.69) is 21.2 Å². The molecule has 1 aliphatic heterocycles. The van der Waals surface area contributed by atoms with Crippen LogP contribution in [0.5, 0.6) is 5.75 Å². The summed E-state index contributed by atoms with van der Waals surface area (Å²) < 4.78 is 33.6. The van der Waals surface area contributed by atoms with Crippen LogP contribution in [-0.4, -0.2) is 28.0 Å². The predicted molar refractivity (Wildman–Crippen MR) is 116 cm³/mol. The molecular formula is C21H17BrN2O4S. The van der Waals surface area contributed by atoms with Crippen LogP contribution in [0.1, 0.15) is 0 Å². The molecule has 4 rings (SSSR count). The average molecular weight is 473 g/mol. The molecule has 0 unspecified atom stereocenters. The molecular weight excluding hydrogens is 456 g/mol. The molecule has 148 valence electrons. The molecule has 0 fully saturated rings. The Morgan fingerprint density at radius 3 is 2.62 bits per heavy atom. The minimum atomic E-state index is -3.88. The topological polar surface area (TPSA) is 75.7 Å². The van der Waals surface area contributed by atoms with Gasteiger partial charge in [-0.25, -0.2) is 8.42 Å². The molecule has 0 bridgehead atoms. The van der Waals surface area contributed by atoms with E-state index in [0.717, 1.165) is 14.3 Å². The zero-order valence-corrected chi connectivity index (χ0v) is 17.8. The lowest BCUT2D eigenvalue weighted by Gasteiger charge is -2.31. The van der Waals surface area contributed by atoms with Crippen molar-refractivity contribution < 1.29 is 17.9 Å². The monoisotopic (exact) mass is 472 g/mol. The average Bonchev–Trinajstić information content (AvgIpc) is 2.71. The summed E-state index contributed by atoms with van der Waals surface area (Å²) in [4.78, 5) is 12.9. The molecule has 1 aliphatic rings. The summed E-state index contributed by atoms with van der Waals surface area (Å²) in [6.45, 7) is -0.345. The van der Waals surface area contributed by atoms with Gasteiger partial charge in [0.05, 0.1) is 17.7 Å². The molecule has 1 amide bonds. The van der Waals surface area contributed by atoms with Gasteiger partial charge in [0.25, 0.3) is 10.0 Å². The highest BCUT2D eigenvalue weighted by molar-refractivity contribution is 9.10. The van der Waals surface area contributed by atoms with Crippen LogP contribution in [0.15, 0.2) is 76.1 Å². The van der Waals surface area contributed by atoms with Crippen molar-refractivity contribution >= 4 is 43.2 Å². The smallest absolute Gasteiger partial charge is 0.265 e. The fraction of sp³-hybridized carbons (Fsp3) is 0.0952. The fourth-order valence-electron chi connectivity index (χ4n) is 3.31. The maximum atomic E-state index is 13.3. The number of benzene rings is 3. The van der Waals surface area contributed by atoms with Gasteiger partial charge >= 0.3 is 0 Å². The molecule has 0 spiro atoms. The Bertz CT molecular complexity index is 1210. The summed E-state index contributed by atoms with van der Waals surface area (Å²) in [5.74, 6) is 0.146. The van der Waals surface area contributed by atoms with Crippen LogP contribution in [0.2, 0.25) is 0 Å². The van der Waals surface area contributed by atoms with Crippen molar-refractivity contribution in [2.24, 2.45) is 0 Å². The molecule has 6 nitrogen and oxygen atoms in total. The number of nitrogens with zero attached hydrogens (tertiary/aromatic N) is 1. The number of amides is 1. The molecule has 0 saturated carbocycles. The number of sulfonamides is 1. The Kier molecular flexibility index (Phi) is 5.06. The number of methoxy groups -OCH3 is 1. The van der Waals surface area contributed by atoms with E-state index in [-0.39, 0.29) is 11.4 Å². The lowest BCUT2D eigenvalue weighted by molar-refractivity contribution is -0.114. The second-order valence-electron chi connectivity index (χ2n) is 6.45. The maximum Gasteiger partial charge on any atom is 0.265 e. The Labute approximate surface area is 177 Å². The third-order valence-electron chi connectivity index (χ3n) is 4.61. The van der Waals surface area contributed by atoms with Gasteiger partial charge in [-0.1, -0.05) is 40.2 Å². The summed E-state index contributed by atoms with van der Waals surface area (Å²) in [6.07, 6.45) is 0. The summed E-state index contributed by atoms with van der Waals surface area (Å²) in [5.41, 5.74) is 2.36. The molecule has 0 aromatic heterocycles. The van der Waals surface area contributed by atoms with Gasteiger partial charge in [-0.15, -0.1) is 0 Å². The number of anilines is 2. The van der Waals surface area contributed by atoms with Gasteiger partial charge in [0.1, 0.15) is 12.3 Å². The van der Waals surface area contributed by atoms with Gasteiger partial charge in [-0.3, -0.25) is 9.10 Å². The number of carbonyl (C=O) groups is 1. The van der Waals surface area contributed by atoms with Crippen LogP contribution in [0, 0.1) is 0 Å². The minimum Gasteiger partial charge on any atom is -0.497 e. The number of hydrogen-bond acceptors (Lipinski definition) is 4. The van der Waals surface area contributed by atoms with Gasteiger partial charge < -0.3 is 10.1 Å². The van der Waals surface area contributed by atoms with E-state index in [1.807, 2.05) is 6.07 Å². The van der Waals surface area contributed by atoms with Crippen LogP contribution in [-0.2, 0) is 14.8 Å².